The summed E-state index contributed by atoms with van der Waals surface area (Å²) in [5.74, 6) is 0. The first kappa shape index (κ1) is 13.7. The van der Waals surface area contributed by atoms with Crippen LogP contribution in [0.4, 0.5) is 0 Å². The molecule has 0 aromatic carbocycles. The number of hydrogen-bond donors (Lipinski definition) is 1. The lowest BCUT2D eigenvalue weighted by Gasteiger charge is -2.13. The van der Waals surface area contributed by atoms with Gasteiger partial charge in [-0.2, -0.15) is 0 Å². The van der Waals surface area contributed by atoms with E-state index in [1.165, 1.54) is 10.4 Å². The minimum Gasteiger partial charge on any atom is -0.381 e. The van der Waals surface area contributed by atoms with Gasteiger partial charge in [0.25, 0.3) is 0 Å². The van der Waals surface area contributed by atoms with Gasteiger partial charge < -0.3 is 10.1 Å². The van der Waals surface area contributed by atoms with Gasteiger partial charge in [0.2, 0.25) is 0 Å². The lowest BCUT2D eigenvalue weighted by Crippen LogP contribution is -2.20. The molecule has 1 aromatic rings. The van der Waals surface area contributed by atoms with Crippen molar-refractivity contribution in [3.63, 3.8) is 0 Å². The van der Waals surface area contributed by atoms with Gasteiger partial charge in [0.15, 0.2) is 0 Å². The summed E-state index contributed by atoms with van der Waals surface area (Å²) >= 11 is 1.84. The van der Waals surface area contributed by atoms with E-state index in [1.807, 2.05) is 11.3 Å². The zero-order chi connectivity index (χ0) is 11.8. The summed E-state index contributed by atoms with van der Waals surface area (Å²) in [6.45, 7) is 9.33. The Morgan fingerprint density at radius 2 is 2.25 bits per heavy atom. The Morgan fingerprint density at radius 1 is 1.44 bits per heavy atom. The van der Waals surface area contributed by atoms with Crippen LogP contribution in [0, 0.1) is 6.92 Å². The van der Waals surface area contributed by atoms with Crippen LogP contribution in [0.15, 0.2) is 11.4 Å². The molecule has 0 bridgehead atoms. The summed E-state index contributed by atoms with van der Waals surface area (Å²) in [7, 11) is 0. The molecule has 0 aliphatic rings. The summed E-state index contributed by atoms with van der Waals surface area (Å²) in [6, 6.07) is 2.65. The van der Waals surface area contributed by atoms with Crippen LogP contribution in [-0.4, -0.2) is 19.8 Å². The fourth-order valence-corrected chi connectivity index (χ4v) is 2.62. The predicted molar refractivity (Wildman–Crippen MR) is 71.2 cm³/mol. The first-order valence-electron chi connectivity index (χ1n) is 6.10. The Bertz CT molecular complexity index is 285. The van der Waals surface area contributed by atoms with Crippen LogP contribution in [0.1, 0.15) is 43.2 Å². The van der Waals surface area contributed by atoms with Crippen molar-refractivity contribution < 1.29 is 4.74 Å². The fraction of sp³-hybridized carbons (Fsp3) is 0.692. The Balaban J connectivity index is 2.11. The van der Waals surface area contributed by atoms with Gasteiger partial charge in [0, 0.05) is 24.1 Å². The maximum Gasteiger partial charge on any atom is 0.0478 e. The summed E-state index contributed by atoms with van der Waals surface area (Å²) in [5.41, 5.74) is 1.40. The zero-order valence-corrected chi connectivity index (χ0v) is 11.4. The van der Waals surface area contributed by atoms with Crippen molar-refractivity contribution in [3.05, 3.63) is 21.9 Å². The average Bonchev–Trinajstić information content (AvgIpc) is 2.69. The van der Waals surface area contributed by atoms with Crippen LogP contribution in [0.5, 0.6) is 0 Å². The molecule has 0 saturated heterocycles. The minimum absolute atomic E-state index is 0.464. The Kier molecular flexibility index (Phi) is 6.69. The fourth-order valence-electron chi connectivity index (χ4n) is 1.66. The molecule has 2 nitrogen and oxygen atoms in total. The maximum atomic E-state index is 5.44. The van der Waals surface area contributed by atoms with Crippen LogP contribution in [0.2, 0.25) is 0 Å². The van der Waals surface area contributed by atoms with Gasteiger partial charge in [-0.15, -0.1) is 11.3 Å². The summed E-state index contributed by atoms with van der Waals surface area (Å²) in [6.07, 6.45) is 2.20. The Hall–Kier alpha value is -0.380. The van der Waals surface area contributed by atoms with Crippen LogP contribution in [-0.2, 0) is 4.74 Å². The van der Waals surface area contributed by atoms with Gasteiger partial charge in [-0.05, 0) is 50.2 Å². The summed E-state index contributed by atoms with van der Waals surface area (Å²) in [5, 5.41) is 5.69. The quantitative estimate of drug-likeness (QED) is 0.703. The van der Waals surface area contributed by atoms with Crippen molar-refractivity contribution in [1.29, 1.82) is 0 Å². The highest BCUT2D eigenvalue weighted by Crippen LogP contribution is 2.23. The van der Waals surface area contributed by atoms with Crippen LogP contribution in [0.3, 0.4) is 0 Å². The van der Waals surface area contributed by atoms with Gasteiger partial charge in [-0.1, -0.05) is 6.92 Å². The van der Waals surface area contributed by atoms with Crippen molar-refractivity contribution >= 4 is 11.3 Å². The molecule has 16 heavy (non-hydrogen) atoms. The third kappa shape index (κ3) is 4.64. The summed E-state index contributed by atoms with van der Waals surface area (Å²) < 4.78 is 5.44. The highest BCUT2D eigenvalue weighted by Gasteiger charge is 2.08. The molecule has 0 saturated carbocycles. The van der Waals surface area contributed by atoms with E-state index >= 15 is 0 Å². The SMILES string of the molecule is CCCOCCCNC(C)c1sccc1C. The lowest BCUT2D eigenvalue weighted by atomic mass is 10.2. The van der Waals surface area contributed by atoms with E-state index in [-0.39, 0.29) is 0 Å². The van der Waals surface area contributed by atoms with Crippen molar-refractivity contribution in [3.8, 4) is 0 Å². The van der Waals surface area contributed by atoms with Crippen molar-refractivity contribution in [1.82, 2.24) is 5.32 Å². The molecule has 0 amide bonds. The van der Waals surface area contributed by atoms with Gasteiger partial charge in [-0.25, -0.2) is 0 Å². The minimum atomic E-state index is 0.464. The van der Waals surface area contributed by atoms with Crippen LogP contribution >= 0.6 is 11.3 Å². The highest BCUT2D eigenvalue weighted by molar-refractivity contribution is 7.10. The van der Waals surface area contributed by atoms with E-state index in [9.17, 15) is 0 Å². The molecule has 0 fully saturated rings. The van der Waals surface area contributed by atoms with Crippen molar-refractivity contribution in [2.75, 3.05) is 19.8 Å². The molecule has 1 N–H and O–H groups in total. The predicted octanol–water partition coefficient (Wildman–Crippen LogP) is 3.52. The smallest absolute Gasteiger partial charge is 0.0478 e. The van der Waals surface area contributed by atoms with Crippen LogP contribution in [0.25, 0.3) is 0 Å². The Labute approximate surface area is 103 Å². The van der Waals surface area contributed by atoms with E-state index in [2.05, 4.69) is 37.5 Å². The molecular weight excluding hydrogens is 218 g/mol. The molecular formula is C13H23NOS. The number of ether oxygens (including phenoxy) is 1. The lowest BCUT2D eigenvalue weighted by molar-refractivity contribution is 0.132. The van der Waals surface area contributed by atoms with Crippen molar-refractivity contribution in [2.45, 2.75) is 39.7 Å². The average molecular weight is 241 g/mol. The number of thiophene rings is 1. The molecule has 0 aliphatic heterocycles. The first-order chi connectivity index (χ1) is 7.75. The molecule has 1 atom stereocenters. The topological polar surface area (TPSA) is 21.3 Å². The molecule has 0 spiro atoms. The first-order valence-corrected chi connectivity index (χ1v) is 6.98. The monoisotopic (exact) mass is 241 g/mol. The van der Waals surface area contributed by atoms with Gasteiger partial charge >= 0.3 is 0 Å². The molecule has 92 valence electrons. The summed E-state index contributed by atoms with van der Waals surface area (Å²) in [4.78, 5) is 1.45. The second-order valence-electron chi connectivity index (χ2n) is 4.11. The molecule has 0 aliphatic carbocycles. The number of hydrogen-bond acceptors (Lipinski definition) is 3. The third-order valence-corrected chi connectivity index (χ3v) is 3.76. The number of aryl methyl sites for hydroxylation is 1. The van der Waals surface area contributed by atoms with E-state index < -0.39 is 0 Å². The molecule has 1 unspecified atom stereocenters. The second-order valence-corrected chi connectivity index (χ2v) is 5.06. The van der Waals surface area contributed by atoms with E-state index in [0.29, 0.717) is 6.04 Å². The molecule has 1 rings (SSSR count). The second kappa shape index (κ2) is 7.82. The number of nitrogens with one attached hydrogen (secondary N) is 1. The molecule has 3 heteroatoms. The number of rotatable bonds is 8. The standard InChI is InChI=1S/C13H23NOS/c1-4-8-15-9-5-7-14-12(3)13-11(2)6-10-16-13/h6,10,12,14H,4-5,7-9H2,1-3H3. The van der Waals surface area contributed by atoms with Gasteiger partial charge in [0.05, 0.1) is 0 Å². The van der Waals surface area contributed by atoms with E-state index in [1.54, 1.807) is 0 Å². The van der Waals surface area contributed by atoms with E-state index in [4.69, 9.17) is 4.74 Å². The van der Waals surface area contributed by atoms with Crippen molar-refractivity contribution in [2.24, 2.45) is 0 Å². The molecule has 1 heterocycles. The van der Waals surface area contributed by atoms with Crippen LogP contribution < -0.4 is 5.32 Å². The molecule has 1 aromatic heterocycles. The van der Waals surface area contributed by atoms with Gasteiger partial charge in [0.1, 0.15) is 0 Å². The largest absolute Gasteiger partial charge is 0.381 e. The van der Waals surface area contributed by atoms with Gasteiger partial charge in [-0.3, -0.25) is 0 Å². The maximum absolute atomic E-state index is 5.44. The normalized spacial score (nSPS) is 12.9. The third-order valence-electron chi connectivity index (χ3n) is 2.56. The Morgan fingerprint density at radius 3 is 2.88 bits per heavy atom. The zero-order valence-electron chi connectivity index (χ0n) is 10.6. The highest BCUT2D eigenvalue weighted by atomic mass is 32.1. The van der Waals surface area contributed by atoms with E-state index in [0.717, 1.165) is 32.6 Å². The molecule has 0 radical (unpaired) electrons.